The lowest BCUT2D eigenvalue weighted by molar-refractivity contribution is 0.212. The molecule has 0 amide bonds. The van der Waals surface area contributed by atoms with Crippen LogP contribution in [0.5, 0.6) is 5.75 Å². The van der Waals surface area contributed by atoms with Gasteiger partial charge in [0.2, 0.25) is 0 Å². The molecule has 0 heterocycles. The third-order valence-electron chi connectivity index (χ3n) is 3.71. The highest BCUT2D eigenvalue weighted by molar-refractivity contribution is 5.28. The summed E-state index contributed by atoms with van der Waals surface area (Å²) in [7, 11) is 0. The zero-order chi connectivity index (χ0) is 11.4. The predicted octanol–water partition coefficient (Wildman–Crippen LogP) is 3.05. The van der Waals surface area contributed by atoms with Crippen molar-refractivity contribution < 1.29 is 10.2 Å². The van der Waals surface area contributed by atoms with Gasteiger partial charge in [-0.15, -0.1) is 0 Å². The van der Waals surface area contributed by atoms with Crippen molar-refractivity contribution in [2.75, 3.05) is 6.61 Å². The topological polar surface area (TPSA) is 40.5 Å². The maximum absolute atomic E-state index is 9.26. The van der Waals surface area contributed by atoms with E-state index in [0.717, 1.165) is 19.3 Å². The van der Waals surface area contributed by atoms with Gasteiger partial charge in [-0.3, -0.25) is 0 Å². The van der Waals surface area contributed by atoms with Crippen LogP contribution in [-0.4, -0.2) is 16.8 Å². The van der Waals surface area contributed by atoms with E-state index in [1.807, 2.05) is 12.1 Å². The molecule has 1 aromatic rings. The van der Waals surface area contributed by atoms with E-state index < -0.39 is 0 Å². The van der Waals surface area contributed by atoms with E-state index in [0.29, 0.717) is 24.2 Å². The molecular weight excluding hydrogens is 200 g/mol. The Hall–Kier alpha value is -1.02. The Balaban J connectivity index is 2.02. The molecule has 2 rings (SSSR count). The largest absolute Gasteiger partial charge is 0.508 e. The highest BCUT2D eigenvalue weighted by atomic mass is 16.3. The molecule has 0 radical (unpaired) electrons. The van der Waals surface area contributed by atoms with Gasteiger partial charge >= 0.3 is 0 Å². The fraction of sp³-hybridized carbons (Fsp3) is 0.571. The number of aromatic hydroxyl groups is 1. The molecule has 0 aliphatic heterocycles. The first-order chi connectivity index (χ1) is 7.79. The molecule has 1 aliphatic rings. The summed E-state index contributed by atoms with van der Waals surface area (Å²) in [5.74, 6) is 1.45. The molecule has 16 heavy (non-hydrogen) atoms. The second-order valence-electron chi connectivity index (χ2n) is 4.85. The summed E-state index contributed by atoms with van der Waals surface area (Å²) in [4.78, 5) is 0. The molecule has 2 atom stereocenters. The van der Waals surface area contributed by atoms with Crippen LogP contribution in [0.4, 0.5) is 0 Å². The predicted molar refractivity (Wildman–Crippen MR) is 64.5 cm³/mol. The van der Waals surface area contributed by atoms with Crippen molar-refractivity contribution in [3.05, 3.63) is 29.8 Å². The van der Waals surface area contributed by atoms with Crippen molar-refractivity contribution in [3.63, 3.8) is 0 Å². The lowest BCUT2D eigenvalue weighted by Gasteiger charge is -2.14. The van der Waals surface area contributed by atoms with Crippen LogP contribution in [0.2, 0.25) is 0 Å². The highest BCUT2D eigenvalue weighted by Gasteiger charge is 2.19. The molecule has 0 bridgehead atoms. The Bertz CT molecular complexity index is 318. The van der Waals surface area contributed by atoms with Gasteiger partial charge in [-0.1, -0.05) is 18.6 Å². The first-order valence-corrected chi connectivity index (χ1v) is 6.19. The van der Waals surface area contributed by atoms with E-state index >= 15 is 0 Å². The second kappa shape index (κ2) is 5.35. The lowest BCUT2D eigenvalue weighted by Crippen LogP contribution is -2.04. The minimum atomic E-state index is 0.336. The Morgan fingerprint density at radius 1 is 1.00 bits per heavy atom. The van der Waals surface area contributed by atoms with Gasteiger partial charge in [0.15, 0.2) is 0 Å². The molecule has 0 spiro atoms. The van der Waals surface area contributed by atoms with E-state index in [1.165, 1.54) is 18.4 Å². The zero-order valence-electron chi connectivity index (χ0n) is 9.60. The van der Waals surface area contributed by atoms with E-state index in [9.17, 15) is 10.2 Å². The quantitative estimate of drug-likeness (QED) is 0.752. The van der Waals surface area contributed by atoms with Gasteiger partial charge < -0.3 is 10.2 Å². The monoisotopic (exact) mass is 220 g/mol. The second-order valence-corrected chi connectivity index (χ2v) is 4.85. The van der Waals surface area contributed by atoms with Crippen LogP contribution < -0.4 is 0 Å². The number of aliphatic hydroxyl groups is 1. The molecule has 0 aromatic heterocycles. The van der Waals surface area contributed by atoms with Crippen molar-refractivity contribution in [2.45, 2.75) is 38.0 Å². The molecule has 1 aliphatic carbocycles. The van der Waals surface area contributed by atoms with Gasteiger partial charge in [0.25, 0.3) is 0 Å². The summed E-state index contributed by atoms with van der Waals surface area (Å²) >= 11 is 0. The van der Waals surface area contributed by atoms with Crippen LogP contribution >= 0.6 is 0 Å². The normalized spacial score (nSPS) is 26.3. The molecule has 2 heteroatoms. The van der Waals surface area contributed by atoms with Crippen molar-refractivity contribution in [1.29, 1.82) is 0 Å². The number of aliphatic hydroxyl groups excluding tert-OH is 1. The zero-order valence-corrected chi connectivity index (χ0v) is 9.60. The maximum atomic E-state index is 9.26. The van der Waals surface area contributed by atoms with Gasteiger partial charge in [-0.2, -0.15) is 0 Å². The molecule has 88 valence electrons. The standard InChI is InChI=1S/C14H20O2/c15-10-11-2-1-3-12(5-4-11)13-6-8-14(16)9-7-13/h6-9,11-12,15-16H,1-5,10H2/t11-,12-/m0/s1. The molecule has 1 fully saturated rings. The van der Waals surface area contributed by atoms with E-state index in [1.54, 1.807) is 12.1 Å². The van der Waals surface area contributed by atoms with E-state index in [-0.39, 0.29) is 0 Å². The van der Waals surface area contributed by atoms with Crippen molar-refractivity contribution in [3.8, 4) is 5.75 Å². The van der Waals surface area contributed by atoms with Gasteiger partial charge in [0.1, 0.15) is 5.75 Å². The fourth-order valence-corrected chi connectivity index (χ4v) is 2.64. The Morgan fingerprint density at radius 3 is 2.44 bits per heavy atom. The van der Waals surface area contributed by atoms with Gasteiger partial charge in [0.05, 0.1) is 0 Å². The Kier molecular flexibility index (Phi) is 3.83. The van der Waals surface area contributed by atoms with E-state index in [4.69, 9.17) is 0 Å². The van der Waals surface area contributed by atoms with Crippen molar-refractivity contribution >= 4 is 0 Å². The summed E-state index contributed by atoms with van der Waals surface area (Å²) in [6.07, 6.45) is 5.86. The van der Waals surface area contributed by atoms with Crippen molar-refractivity contribution in [1.82, 2.24) is 0 Å². The van der Waals surface area contributed by atoms with Crippen LogP contribution in [-0.2, 0) is 0 Å². The van der Waals surface area contributed by atoms with Gasteiger partial charge in [-0.25, -0.2) is 0 Å². The van der Waals surface area contributed by atoms with Gasteiger partial charge in [0, 0.05) is 6.61 Å². The third-order valence-corrected chi connectivity index (χ3v) is 3.71. The molecule has 1 saturated carbocycles. The number of hydrogen-bond donors (Lipinski definition) is 2. The first-order valence-electron chi connectivity index (χ1n) is 6.19. The van der Waals surface area contributed by atoms with Crippen molar-refractivity contribution in [2.24, 2.45) is 5.92 Å². The number of phenolic OH excluding ortho intramolecular Hbond substituents is 1. The minimum absolute atomic E-state index is 0.336. The van der Waals surface area contributed by atoms with E-state index in [2.05, 4.69) is 0 Å². The van der Waals surface area contributed by atoms with Crippen LogP contribution in [0.1, 0.15) is 43.6 Å². The molecule has 1 aromatic carbocycles. The maximum Gasteiger partial charge on any atom is 0.115 e. The molecule has 0 saturated heterocycles. The summed E-state index contributed by atoms with van der Waals surface area (Å²) in [6.45, 7) is 0.336. The van der Waals surface area contributed by atoms with Crippen LogP contribution in [0.25, 0.3) is 0 Å². The third kappa shape index (κ3) is 2.76. The smallest absolute Gasteiger partial charge is 0.115 e. The SMILES string of the molecule is OC[C@H]1CCC[C@H](c2ccc(O)cc2)CC1. The number of rotatable bonds is 2. The Labute approximate surface area is 96.9 Å². The van der Waals surface area contributed by atoms with Gasteiger partial charge in [-0.05, 0) is 55.2 Å². The number of phenols is 1. The summed E-state index contributed by atoms with van der Waals surface area (Å²) in [5, 5.41) is 18.4. The van der Waals surface area contributed by atoms with Crippen LogP contribution in [0, 0.1) is 5.92 Å². The molecular formula is C14H20O2. The molecule has 2 N–H and O–H groups in total. The summed E-state index contributed by atoms with van der Waals surface area (Å²) in [5.41, 5.74) is 1.33. The first kappa shape index (κ1) is 11.5. The average Bonchev–Trinajstić information content (AvgIpc) is 2.55. The Morgan fingerprint density at radius 2 is 1.75 bits per heavy atom. The number of benzene rings is 1. The highest BCUT2D eigenvalue weighted by Crippen LogP contribution is 2.34. The average molecular weight is 220 g/mol. The molecule has 2 nitrogen and oxygen atoms in total. The summed E-state index contributed by atoms with van der Waals surface area (Å²) in [6, 6.07) is 7.59. The fourth-order valence-electron chi connectivity index (χ4n) is 2.64. The minimum Gasteiger partial charge on any atom is -0.508 e. The molecule has 0 unspecified atom stereocenters. The van der Waals surface area contributed by atoms with Crippen LogP contribution in [0.3, 0.4) is 0 Å². The van der Waals surface area contributed by atoms with Crippen LogP contribution in [0.15, 0.2) is 24.3 Å². The summed E-state index contributed by atoms with van der Waals surface area (Å²) < 4.78 is 0. The lowest BCUT2D eigenvalue weighted by atomic mass is 9.91. The number of hydrogen-bond acceptors (Lipinski definition) is 2.